The fraction of sp³-hybridized carbons (Fsp3) is 0.536. The fourth-order valence-electron chi connectivity index (χ4n) is 5.36. The molecular weight excluding hydrogens is 424 g/mol. The average molecular weight is 463 g/mol. The minimum absolute atomic E-state index is 0.00452. The lowest BCUT2D eigenvalue weighted by Crippen LogP contribution is -2.55. The third-order valence-electron chi connectivity index (χ3n) is 7.58. The van der Waals surface area contributed by atoms with Crippen molar-refractivity contribution < 1.29 is 9.59 Å². The molecule has 6 heteroatoms. The molecule has 2 aromatic rings. The largest absolute Gasteiger partial charge is 0.343 e. The lowest BCUT2D eigenvalue weighted by Gasteiger charge is -2.35. The van der Waals surface area contributed by atoms with E-state index in [-0.39, 0.29) is 29.8 Å². The van der Waals surface area contributed by atoms with Gasteiger partial charge in [-0.25, -0.2) is 0 Å². The average Bonchev–Trinajstić information content (AvgIpc) is 3.37. The van der Waals surface area contributed by atoms with Crippen molar-refractivity contribution in [3.63, 3.8) is 0 Å². The van der Waals surface area contributed by atoms with Crippen LogP contribution in [-0.2, 0) is 9.59 Å². The van der Waals surface area contributed by atoms with Gasteiger partial charge < -0.3 is 15.5 Å². The van der Waals surface area contributed by atoms with Crippen molar-refractivity contribution in [2.24, 2.45) is 5.92 Å². The quantitative estimate of drug-likeness (QED) is 0.640. The van der Waals surface area contributed by atoms with Crippen LogP contribution in [0, 0.1) is 12.8 Å². The van der Waals surface area contributed by atoms with Crippen molar-refractivity contribution in [2.45, 2.75) is 76.9 Å². The van der Waals surface area contributed by atoms with E-state index in [1.54, 1.807) is 7.05 Å². The Morgan fingerprint density at radius 1 is 1.00 bits per heavy atom. The number of hydrogen-bond donors (Lipinski definition) is 2. The minimum Gasteiger partial charge on any atom is -0.343 e. The highest BCUT2D eigenvalue weighted by molar-refractivity contribution is 5.90. The molecule has 2 heterocycles. The van der Waals surface area contributed by atoms with Gasteiger partial charge in [-0.3, -0.25) is 14.6 Å². The van der Waals surface area contributed by atoms with Gasteiger partial charge in [-0.1, -0.05) is 49.1 Å². The fourth-order valence-corrected chi connectivity index (χ4v) is 5.36. The number of benzene rings is 1. The molecule has 1 saturated carbocycles. The van der Waals surface area contributed by atoms with Crippen LogP contribution < -0.4 is 10.6 Å². The van der Waals surface area contributed by atoms with Crippen LogP contribution in [0.15, 0.2) is 42.7 Å². The van der Waals surface area contributed by atoms with E-state index in [0.29, 0.717) is 0 Å². The van der Waals surface area contributed by atoms with Gasteiger partial charge in [0.1, 0.15) is 6.04 Å². The van der Waals surface area contributed by atoms with Crippen LogP contribution in [0.4, 0.5) is 0 Å². The standard InChI is InChI=1S/C28H38N4O2/c1-19-11-13-21(14-12-19)23-16-24(18-30-17-23)25-10-7-15-32(25)28(34)26(22-8-5-4-6-9-22)31-27(33)20(2)29-3/h11-14,16-18,20,22,25-26,29H,4-10,15H2,1-3H3,(H,31,33)/t20?,25?,26-/m0/s1. The third kappa shape index (κ3) is 5.49. The number of nitrogens with zero attached hydrogens (tertiary/aromatic N) is 2. The van der Waals surface area contributed by atoms with E-state index in [2.05, 4.69) is 52.9 Å². The van der Waals surface area contributed by atoms with Gasteiger partial charge in [-0.05, 0) is 69.7 Å². The molecule has 2 aliphatic rings. The van der Waals surface area contributed by atoms with Crippen molar-refractivity contribution >= 4 is 11.8 Å². The van der Waals surface area contributed by atoms with Crippen molar-refractivity contribution in [1.29, 1.82) is 0 Å². The zero-order chi connectivity index (χ0) is 24.1. The summed E-state index contributed by atoms with van der Waals surface area (Å²) in [5, 5.41) is 6.12. The Labute approximate surface area is 203 Å². The molecule has 6 nitrogen and oxygen atoms in total. The van der Waals surface area contributed by atoms with Crippen molar-refractivity contribution in [3.8, 4) is 11.1 Å². The maximum Gasteiger partial charge on any atom is 0.245 e. The normalized spacial score (nSPS) is 20.7. The zero-order valence-electron chi connectivity index (χ0n) is 20.7. The number of pyridine rings is 1. The zero-order valence-corrected chi connectivity index (χ0v) is 20.7. The molecule has 182 valence electrons. The summed E-state index contributed by atoms with van der Waals surface area (Å²) in [6.45, 7) is 4.64. The summed E-state index contributed by atoms with van der Waals surface area (Å²) in [6, 6.07) is 9.83. The van der Waals surface area contributed by atoms with Crippen LogP contribution in [0.25, 0.3) is 11.1 Å². The number of amides is 2. The van der Waals surface area contributed by atoms with Crippen LogP contribution in [0.3, 0.4) is 0 Å². The number of aromatic nitrogens is 1. The Hall–Kier alpha value is -2.73. The summed E-state index contributed by atoms with van der Waals surface area (Å²) in [4.78, 5) is 33.2. The molecule has 0 spiro atoms. The van der Waals surface area contributed by atoms with Gasteiger partial charge in [0.2, 0.25) is 11.8 Å². The van der Waals surface area contributed by atoms with E-state index in [9.17, 15) is 9.59 Å². The molecule has 2 amide bonds. The Morgan fingerprint density at radius 2 is 1.74 bits per heavy atom. The van der Waals surface area contributed by atoms with Crippen molar-refractivity contribution in [3.05, 3.63) is 53.9 Å². The minimum atomic E-state index is -0.461. The number of hydrogen-bond acceptors (Lipinski definition) is 4. The maximum atomic E-state index is 13.9. The molecule has 4 rings (SSSR count). The van der Waals surface area contributed by atoms with Crippen molar-refractivity contribution in [1.82, 2.24) is 20.5 Å². The molecular formula is C28H38N4O2. The van der Waals surface area contributed by atoms with Crippen LogP contribution in [0.2, 0.25) is 0 Å². The molecule has 0 radical (unpaired) electrons. The van der Waals surface area contributed by atoms with Gasteiger partial charge in [-0.2, -0.15) is 0 Å². The molecule has 0 bridgehead atoms. The van der Waals surface area contributed by atoms with E-state index in [1.807, 2.05) is 24.2 Å². The summed E-state index contributed by atoms with van der Waals surface area (Å²) in [6.07, 6.45) is 11.1. The van der Waals surface area contributed by atoms with Gasteiger partial charge in [-0.15, -0.1) is 0 Å². The summed E-state index contributed by atoms with van der Waals surface area (Å²) >= 11 is 0. The summed E-state index contributed by atoms with van der Waals surface area (Å²) in [7, 11) is 1.77. The lowest BCUT2D eigenvalue weighted by molar-refractivity contribution is -0.139. The van der Waals surface area contributed by atoms with Crippen molar-refractivity contribution in [2.75, 3.05) is 13.6 Å². The van der Waals surface area contributed by atoms with Gasteiger partial charge >= 0.3 is 0 Å². The Bertz CT molecular complexity index is 984. The predicted molar refractivity (Wildman–Crippen MR) is 135 cm³/mol. The van der Waals surface area contributed by atoms with Crippen LogP contribution in [0.5, 0.6) is 0 Å². The lowest BCUT2D eigenvalue weighted by atomic mass is 9.83. The second-order valence-electron chi connectivity index (χ2n) is 9.96. The number of carbonyl (C=O) groups is 2. The number of rotatable bonds is 7. The molecule has 1 saturated heterocycles. The first-order valence-corrected chi connectivity index (χ1v) is 12.8. The highest BCUT2D eigenvalue weighted by Gasteiger charge is 2.39. The number of likely N-dealkylation sites (tertiary alicyclic amines) is 1. The van der Waals surface area contributed by atoms with E-state index in [1.165, 1.54) is 12.0 Å². The predicted octanol–water partition coefficient (Wildman–Crippen LogP) is 4.39. The summed E-state index contributed by atoms with van der Waals surface area (Å²) in [5.74, 6) is 0.157. The first-order chi connectivity index (χ1) is 16.5. The third-order valence-corrected chi connectivity index (χ3v) is 7.58. The first-order valence-electron chi connectivity index (χ1n) is 12.8. The second-order valence-corrected chi connectivity index (χ2v) is 9.96. The van der Waals surface area contributed by atoms with Crippen LogP contribution in [-0.4, -0.2) is 47.4 Å². The molecule has 34 heavy (non-hydrogen) atoms. The van der Waals surface area contributed by atoms with Crippen LogP contribution in [0.1, 0.15) is 69.0 Å². The van der Waals surface area contributed by atoms with E-state index in [0.717, 1.165) is 61.8 Å². The van der Waals surface area contributed by atoms with Gasteiger partial charge in [0.15, 0.2) is 0 Å². The SMILES string of the molecule is CNC(C)C(=O)N[C@H](C(=O)N1CCCC1c1cncc(-c2ccc(C)cc2)c1)C1CCCCC1. The molecule has 1 aliphatic heterocycles. The Kier molecular flexibility index (Phi) is 7.99. The van der Waals surface area contributed by atoms with Gasteiger partial charge in [0, 0.05) is 24.5 Å². The molecule has 2 N–H and O–H groups in total. The molecule has 1 aromatic carbocycles. The van der Waals surface area contributed by atoms with Gasteiger partial charge in [0.05, 0.1) is 12.1 Å². The highest BCUT2D eigenvalue weighted by atomic mass is 16.2. The number of likely N-dealkylation sites (N-methyl/N-ethyl adjacent to an activating group) is 1. The van der Waals surface area contributed by atoms with E-state index in [4.69, 9.17) is 0 Å². The summed E-state index contributed by atoms with van der Waals surface area (Å²) < 4.78 is 0. The van der Waals surface area contributed by atoms with Crippen LogP contribution >= 0.6 is 0 Å². The molecule has 2 unspecified atom stereocenters. The monoisotopic (exact) mass is 462 g/mol. The molecule has 1 aliphatic carbocycles. The van der Waals surface area contributed by atoms with E-state index >= 15 is 0 Å². The maximum absolute atomic E-state index is 13.9. The highest BCUT2D eigenvalue weighted by Crippen LogP contribution is 2.36. The first kappa shape index (κ1) is 24.4. The second kappa shape index (κ2) is 11.1. The Morgan fingerprint density at radius 3 is 2.44 bits per heavy atom. The Balaban J connectivity index is 1.57. The summed E-state index contributed by atoms with van der Waals surface area (Å²) in [5.41, 5.74) is 4.49. The number of carbonyl (C=O) groups excluding carboxylic acids is 2. The molecule has 1 aromatic heterocycles. The molecule has 3 atom stereocenters. The number of aryl methyl sites for hydroxylation is 1. The smallest absolute Gasteiger partial charge is 0.245 e. The molecule has 2 fully saturated rings. The topological polar surface area (TPSA) is 74.3 Å². The number of nitrogens with one attached hydrogen (secondary N) is 2. The van der Waals surface area contributed by atoms with E-state index < -0.39 is 6.04 Å². The van der Waals surface area contributed by atoms with Gasteiger partial charge in [0.25, 0.3) is 0 Å².